The lowest BCUT2D eigenvalue weighted by molar-refractivity contribution is 0.700. The first kappa shape index (κ1) is 14.6. The zero-order chi connectivity index (χ0) is 11.2. The van der Waals surface area contributed by atoms with E-state index in [4.69, 9.17) is 11.6 Å². The highest BCUT2D eigenvalue weighted by Gasteiger charge is 2.02. The fourth-order valence-electron chi connectivity index (χ4n) is 1.67. The third-order valence-corrected chi connectivity index (χ3v) is 2.73. The molecule has 0 aromatic heterocycles. The molecule has 1 heterocycles. The molecule has 3 nitrogen and oxygen atoms in total. The van der Waals surface area contributed by atoms with E-state index in [-0.39, 0.29) is 24.0 Å². The van der Waals surface area contributed by atoms with Crippen LogP contribution in [0.4, 0.5) is 0 Å². The third-order valence-electron chi connectivity index (χ3n) is 2.49. The van der Waals surface area contributed by atoms with E-state index in [9.17, 15) is 0 Å². The second-order valence-corrected chi connectivity index (χ2v) is 4.25. The molecule has 0 unspecified atom stereocenters. The van der Waals surface area contributed by atoms with Gasteiger partial charge in [-0.15, -0.1) is 24.0 Å². The van der Waals surface area contributed by atoms with Crippen molar-refractivity contribution in [3.63, 3.8) is 0 Å². The van der Waals surface area contributed by atoms with Crippen molar-refractivity contribution in [2.24, 2.45) is 4.99 Å². The molecule has 94 valence electrons. The average molecular weight is 366 g/mol. The van der Waals surface area contributed by atoms with Crippen molar-refractivity contribution in [1.29, 1.82) is 0 Å². The summed E-state index contributed by atoms with van der Waals surface area (Å²) in [5, 5.41) is 7.31. The second kappa shape index (κ2) is 7.76. The number of hydrogen-bond donors (Lipinski definition) is 2. The van der Waals surface area contributed by atoms with E-state index in [1.54, 1.807) is 0 Å². The Kier molecular flexibility index (Phi) is 6.65. The summed E-state index contributed by atoms with van der Waals surface area (Å²) in [4.78, 5) is 4.35. The van der Waals surface area contributed by atoms with Crippen molar-refractivity contribution in [3.05, 3.63) is 34.9 Å². The number of aliphatic imine (C=N–C) groups is 1. The first-order chi connectivity index (χ1) is 7.84. The summed E-state index contributed by atoms with van der Waals surface area (Å²) in [5.74, 6) is 0.924. The van der Waals surface area contributed by atoms with E-state index in [0.29, 0.717) is 0 Å². The molecule has 0 saturated carbocycles. The van der Waals surface area contributed by atoms with Gasteiger partial charge in [0.2, 0.25) is 0 Å². The molecular weight excluding hydrogens is 349 g/mol. The number of rotatable bonds is 3. The number of halogens is 2. The van der Waals surface area contributed by atoms with Crippen molar-refractivity contribution in [3.8, 4) is 0 Å². The van der Waals surface area contributed by atoms with Gasteiger partial charge in [0.25, 0.3) is 0 Å². The van der Waals surface area contributed by atoms with E-state index >= 15 is 0 Å². The van der Waals surface area contributed by atoms with Crippen LogP contribution in [-0.2, 0) is 6.42 Å². The number of nitrogens with zero attached hydrogens (tertiary/aromatic N) is 1. The van der Waals surface area contributed by atoms with Crippen molar-refractivity contribution in [2.45, 2.75) is 12.8 Å². The molecule has 2 N–H and O–H groups in total. The van der Waals surface area contributed by atoms with Gasteiger partial charge in [-0.05, 0) is 30.5 Å². The number of benzene rings is 1. The quantitative estimate of drug-likeness (QED) is 0.807. The van der Waals surface area contributed by atoms with Crippen LogP contribution >= 0.6 is 35.6 Å². The van der Waals surface area contributed by atoms with Crippen molar-refractivity contribution in [2.75, 3.05) is 19.6 Å². The Hall–Kier alpha value is -0.490. The van der Waals surface area contributed by atoms with Gasteiger partial charge in [-0.2, -0.15) is 0 Å². The summed E-state index contributed by atoms with van der Waals surface area (Å²) >= 11 is 5.92. The molecule has 2 rings (SSSR count). The molecule has 1 aromatic carbocycles. The molecule has 0 radical (unpaired) electrons. The van der Waals surface area contributed by atoms with Crippen LogP contribution in [0.5, 0.6) is 0 Å². The molecular formula is C12H17ClIN3. The predicted octanol–water partition coefficient (Wildman–Crippen LogP) is 2.44. The van der Waals surface area contributed by atoms with Gasteiger partial charge in [0.1, 0.15) is 0 Å². The zero-order valence-electron chi connectivity index (χ0n) is 9.58. The van der Waals surface area contributed by atoms with Crippen molar-refractivity contribution < 1.29 is 0 Å². The Morgan fingerprint density at radius 2 is 2.29 bits per heavy atom. The first-order valence-electron chi connectivity index (χ1n) is 5.61. The Morgan fingerprint density at radius 1 is 1.41 bits per heavy atom. The Bertz CT molecular complexity index is 382. The fourth-order valence-corrected chi connectivity index (χ4v) is 1.88. The normalized spacial score (nSPS) is 14.3. The topological polar surface area (TPSA) is 36.4 Å². The Morgan fingerprint density at radius 3 is 3.00 bits per heavy atom. The van der Waals surface area contributed by atoms with Crippen LogP contribution in [0.1, 0.15) is 12.0 Å². The molecule has 0 saturated heterocycles. The number of nitrogens with one attached hydrogen (secondary N) is 2. The maximum Gasteiger partial charge on any atom is 0.191 e. The molecule has 1 aliphatic heterocycles. The fraction of sp³-hybridized carbons (Fsp3) is 0.417. The van der Waals surface area contributed by atoms with E-state index in [0.717, 1.165) is 43.5 Å². The molecule has 0 spiro atoms. The summed E-state index contributed by atoms with van der Waals surface area (Å²) in [6.45, 7) is 2.82. The van der Waals surface area contributed by atoms with Gasteiger partial charge < -0.3 is 10.6 Å². The van der Waals surface area contributed by atoms with Crippen LogP contribution in [-0.4, -0.2) is 25.6 Å². The van der Waals surface area contributed by atoms with Crippen molar-refractivity contribution in [1.82, 2.24) is 10.6 Å². The largest absolute Gasteiger partial charge is 0.356 e. The minimum absolute atomic E-state index is 0. The summed E-state index contributed by atoms with van der Waals surface area (Å²) < 4.78 is 0. The monoisotopic (exact) mass is 365 g/mol. The van der Waals surface area contributed by atoms with E-state index in [1.165, 1.54) is 5.56 Å². The first-order valence-corrected chi connectivity index (χ1v) is 5.99. The molecule has 0 aliphatic carbocycles. The van der Waals surface area contributed by atoms with Gasteiger partial charge in [0.15, 0.2) is 5.96 Å². The van der Waals surface area contributed by atoms with Gasteiger partial charge in [0.05, 0.1) is 0 Å². The highest BCUT2D eigenvalue weighted by Crippen LogP contribution is 2.10. The molecule has 0 amide bonds. The van der Waals surface area contributed by atoms with Crippen LogP contribution in [0.2, 0.25) is 5.02 Å². The smallest absolute Gasteiger partial charge is 0.191 e. The standard InChI is InChI=1S/C12H16ClN3.HI/c13-11-4-1-3-10(9-11)5-8-16-12-14-6-2-7-15-12;/h1,3-4,9H,2,5-8H2,(H2,14,15,16);1H. The summed E-state index contributed by atoms with van der Waals surface area (Å²) in [6, 6.07) is 7.96. The minimum atomic E-state index is 0. The lowest BCUT2D eigenvalue weighted by atomic mass is 10.1. The molecule has 0 bridgehead atoms. The predicted molar refractivity (Wildman–Crippen MR) is 83.5 cm³/mol. The molecule has 5 heteroatoms. The second-order valence-electron chi connectivity index (χ2n) is 3.82. The molecule has 0 fully saturated rings. The van der Waals surface area contributed by atoms with Gasteiger partial charge in [-0.25, -0.2) is 0 Å². The highest BCUT2D eigenvalue weighted by atomic mass is 127. The summed E-state index contributed by atoms with van der Waals surface area (Å²) in [7, 11) is 0. The molecule has 1 aliphatic rings. The third kappa shape index (κ3) is 5.12. The van der Waals surface area contributed by atoms with Crippen LogP contribution in [0.25, 0.3) is 0 Å². The van der Waals surface area contributed by atoms with E-state index in [1.807, 2.05) is 18.2 Å². The van der Waals surface area contributed by atoms with Crippen molar-refractivity contribution >= 4 is 41.5 Å². The molecule has 1 aromatic rings. The Labute approximate surface area is 124 Å². The zero-order valence-corrected chi connectivity index (χ0v) is 12.7. The lowest BCUT2D eigenvalue weighted by Gasteiger charge is -2.15. The molecule has 17 heavy (non-hydrogen) atoms. The van der Waals surface area contributed by atoms with Crippen LogP contribution in [0, 0.1) is 0 Å². The SMILES string of the molecule is Clc1cccc(CCNC2=NCCCN2)c1.I. The number of hydrogen-bond acceptors (Lipinski definition) is 3. The van der Waals surface area contributed by atoms with Crippen LogP contribution in [0.3, 0.4) is 0 Å². The van der Waals surface area contributed by atoms with Gasteiger partial charge in [-0.3, -0.25) is 4.99 Å². The Balaban J connectivity index is 0.00000144. The summed E-state index contributed by atoms with van der Waals surface area (Å²) in [6.07, 6.45) is 2.08. The van der Waals surface area contributed by atoms with Crippen LogP contribution in [0.15, 0.2) is 29.3 Å². The lowest BCUT2D eigenvalue weighted by Crippen LogP contribution is -2.41. The molecule has 0 atom stereocenters. The van der Waals surface area contributed by atoms with Crippen LogP contribution < -0.4 is 10.6 Å². The van der Waals surface area contributed by atoms with E-state index < -0.39 is 0 Å². The van der Waals surface area contributed by atoms with Gasteiger partial charge in [0, 0.05) is 24.7 Å². The maximum absolute atomic E-state index is 5.92. The van der Waals surface area contributed by atoms with Gasteiger partial charge >= 0.3 is 0 Å². The minimum Gasteiger partial charge on any atom is -0.356 e. The maximum atomic E-state index is 5.92. The number of guanidine groups is 1. The summed E-state index contributed by atoms with van der Waals surface area (Å²) in [5.41, 5.74) is 1.25. The van der Waals surface area contributed by atoms with E-state index in [2.05, 4.69) is 21.7 Å². The van der Waals surface area contributed by atoms with Gasteiger partial charge in [-0.1, -0.05) is 23.7 Å². The average Bonchev–Trinajstić information content (AvgIpc) is 2.30. The highest BCUT2D eigenvalue weighted by molar-refractivity contribution is 14.0.